The maximum atomic E-state index is 12.4. The zero-order valence-corrected chi connectivity index (χ0v) is 12.4. The van der Waals surface area contributed by atoms with Gasteiger partial charge in [-0.15, -0.1) is 6.42 Å². The van der Waals surface area contributed by atoms with Gasteiger partial charge in [0, 0.05) is 5.39 Å². The molecule has 0 N–H and O–H groups in total. The molecule has 0 aliphatic rings. The molecule has 21 heavy (non-hydrogen) atoms. The van der Waals surface area contributed by atoms with Crippen molar-refractivity contribution in [1.29, 1.82) is 0 Å². The van der Waals surface area contributed by atoms with Gasteiger partial charge in [0.25, 0.3) is 0 Å². The minimum Gasteiger partial charge on any atom is -0.493 e. The third-order valence-electron chi connectivity index (χ3n) is 2.89. The summed E-state index contributed by atoms with van der Waals surface area (Å²) in [6, 6.07) is 8.68. The summed E-state index contributed by atoms with van der Waals surface area (Å²) < 4.78 is 40.0. The molecule has 0 aromatic heterocycles. The van der Waals surface area contributed by atoms with Gasteiger partial charge in [-0.3, -0.25) is 4.18 Å². The number of benzene rings is 2. The molecule has 2 aromatic rings. The summed E-state index contributed by atoms with van der Waals surface area (Å²) in [7, 11) is -1.27. The van der Waals surface area contributed by atoms with Crippen molar-refractivity contribution in [2.45, 2.75) is 4.90 Å². The van der Waals surface area contributed by atoms with Crippen molar-refractivity contribution in [2.24, 2.45) is 0 Å². The van der Waals surface area contributed by atoms with Crippen LogP contribution >= 0.6 is 0 Å². The second-order valence-electron chi connectivity index (χ2n) is 4.08. The van der Waals surface area contributed by atoms with Crippen LogP contribution in [0, 0.1) is 12.3 Å². The van der Waals surface area contributed by atoms with Crippen molar-refractivity contribution < 1.29 is 22.1 Å². The maximum absolute atomic E-state index is 12.4. The van der Waals surface area contributed by atoms with Gasteiger partial charge in [-0.05, 0) is 11.5 Å². The predicted molar refractivity (Wildman–Crippen MR) is 79.0 cm³/mol. The highest BCUT2D eigenvalue weighted by molar-refractivity contribution is 7.87. The Morgan fingerprint density at radius 1 is 1.19 bits per heavy atom. The van der Waals surface area contributed by atoms with Crippen molar-refractivity contribution in [3.63, 3.8) is 0 Å². The summed E-state index contributed by atoms with van der Waals surface area (Å²) in [5, 5.41) is 1.17. The van der Waals surface area contributed by atoms with Crippen molar-refractivity contribution >= 4 is 20.9 Å². The fourth-order valence-corrected chi connectivity index (χ4v) is 3.24. The van der Waals surface area contributed by atoms with E-state index in [1.165, 1.54) is 14.2 Å². The minimum absolute atomic E-state index is 0.0878. The smallest absolute Gasteiger partial charge is 0.302 e. The lowest BCUT2D eigenvalue weighted by Crippen LogP contribution is -2.10. The standard InChI is InChI=1S/C15H14O5S/c1-4-9-20-21(16,17)15-12-8-6-5-7-11(12)10-13(18-2)14(15)19-3/h1,5-8,10H,9H2,2-3H3. The van der Waals surface area contributed by atoms with Gasteiger partial charge in [-0.2, -0.15) is 8.42 Å². The Morgan fingerprint density at radius 2 is 1.90 bits per heavy atom. The van der Waals surface area contributed by atoms with Crippen LogP contribution in [0.1, 0.15) is 0 Å². The first-order chi connectivity index (χ1) is 10.0. The number of terminal acetylenes is 1. The van der Waals surface area contributed by atoms with Crippen LogP contribution < -0.4 is 9.47 Å². The normalized spacial score (nSPS) is 11.1. The van der Waals surface area contributed by atoms with Crippen molar-refractivity contribution in [2.75, 3.05) is 20.8 Å². The van der Waals surface area contributed by atoms with E-state index in [1.54, 1.807) is 30.3 Å². The Kier molecular flexibility index (Phi) is 4.36. The zero-order chi connectivity index (χ0) is 15.5. The van der Waals surface area contributed by atoms with E-state index in [0.717, 1.165) is 0 Å². The first-order valence-corrected chi connectivity index (χ1v) is 7.42. The summed E-state index contributed by atoms with van der Waals surface area (Å²) in [6.07, 6.45) is 5.06. The molecule has 0 aliphatic heterocycles. The fourth-order valence-electron chi connectivity index (χ4n) is 2.03. The molecule has 0 unspecified atom stereocenters. The lowest BCUT2D eigenvalue weighted by Gasteiger charge is -2.15. The van der Waals surface area contributed by atoms with E-state index in [2.05, 4.69) is 5.92 Å². The molecule has 5 nitrogen and oxygen atoms in total. The van der Waals surface area contributed by atoms with Gasteiger partial charge in [0.05, 0.1) is 14.2 Å². The Labute approximate surface area is 123 Å². The van der Waals surface area contributed by atoms with E-state index in [1.807, 2.05) is 0 Å². The molecular weight excluding hydrogens is 292 g/mol. The number of methoxy groups -OCH3 is 2. The van der Waals surface area contributed by atoms with E-state index in [-0.39, 0.29) is 17.3 Å². The first kappa shape index (κ1) is 15.2. The summed E-state index contributed by atoms with van der Waals surface area (Å²) in [4.78, 5) is -0.0878. The average Bonchev–Trinajstić information content (AvgIpc) is 2.50. The maximum Gasteiger partial charge on any atom is 0.302 e. The molecule has 0 heterocycles. The van der Waals surface area contributed by atoms with E-state index in [9.17, 15) is 8.42 Å². The topological polar surface area (TPSA) is 61.8 Å². The molecule has 2 aromatic carbocycles. The molecule has 0 saturated carbocycles. The Morgan fingerprint density at radius 3 is 2.52 bits per heavy atom. The first-order valence-electron chi connectivity index (χ1n) is 6.01. The van der Waals surface area contributed by atoms with Crippen LogP contribution in [0.25, 0.3) is 10.8 Å². The molecule has 110 valence electrons. The average molecular weight is 306 g/mol. The summed E-state index contributed by atoms with van der Waals surface area (Å²) >= 11 is 0. The van der Waals surface area contributed by atoms with Crippen molar-refractivity contribution in [3.8, 4) is 23.8 Å². The fraction of sp³-hybridized carbons (Fsp3) is 0.200. The van der Waals surface area contributed by atoms with Gasteiger partial charge < -0.3 is 9.47 Å². The largest absolute Gasteiger partial charge is 0.493 e. The van der Waals surface area contributed by atoms with E-state index in [0.29, 0.717) is 16.5 Å². The highest BCUT2D eigenvalue weighted by atomic mass is 32.2. The Bertz CT molecular complexity index is 803. The van der Waals surface area contributed by atoms with Crippen LogP contribution in [-0.4, -0.2) is 29.2 Å². The molecule has 0 aliphatic carbocycles. The van der Waals surface area contributed by atoms with Crippen LogP contribution in [-0.2, 0) is 14.3 Å². The molecule has 0 spiro atoms. The van der Waals surface area contributed by atoms with Gasteiger partial charge in [-0.1, -0.05) is 30.2 Å². The van der Waals surface area contributed by atoms with Crippen molar-refractivity contribution in [3.05, 3.63) is 30.3 Å². The molecule has 0 fully saturated rings. The molecule has 0 bridgehead atoms. The zero-order valence-electron chi connectivity index (χ0n) is 11.6. The Hall–Kier alpha value is -2.23. The van der Waals surface area contributed by atoms with E-state index < -0.39 is 10.1 Å². The molecule has 0 atom stereocenters. The van der Waals surface area contributed by atoms with Crippen LogP contribution in [0.5, 0.6) is 11.5 Å². The third-order valence-corrected chi connectivity index (χ3v) is 4.23. The van der Waals surface area contributed by atoms with Gasteiger partial charge in [0.2, 0.25) is 0 Å². The number of rotatable bonds is 5. The summed E-state index contributed by atoms with van der Waals surface area (Å²) in [5.74, 6) is 2.53. The van der Waals surface area contributed by atoms with Crippen LogP contribution in [0.4, 0.5) is 0 Å². The SMILES string of the molecule is C#CCOS(=O)(=O)c1c(OC)c(OC)cc2ccccc12. The molecule has 2 rings (SSSR count). The van der Waals surface area contributed by atoms with Crippen molar-refractivity contribution in [1.82, 2.24) is 0 Å². The molecule has 0 amide bonds. The second-order valence-corrected chi connectivity index (χ2v) is 5.63. The van der Waals surface area contributed by atoms with E-state index in [4.69, 9.17) is 20.1 Å². The quantitative estimate of drug-likeness (QED) is 0.626. The third kappa shape index (κ3) is 2.79. The van der Waals surface area contributed by atoms with Crippen LogP contribution in [0.15, 0.2) is 35.2 Å². The lowest BCUT2D eigenvalue weighted by molar-refractivity contribution is 0.336. The lowest BCUT2D eigenvalue weighted by atomic mass is 10.1. The van der Waals surface area contributed by atoms with Gasteiger partial charge in [-0.25, -0.2) is 0 Å². The number of hydrogen-bond acceptors (Lipinski definition) is 5. The number of fused-ring (bicyclic) bond motifs is 1. The predicted octanol–water partition coefficient (Wildman–Crippen LogP) is 2.20. The number of ether oxygens (including phenoxy) is 2. The van der Waals surface area contributed by atoms with E-state index >= 15 is 0 Å². The highest BCUT2D eigenvalue weighted by Gasteiger charge is 2.27. The molecule has 6 heteroatoms. The van der Waals surface area contributed by atoms with Gasteiger partial charge in [0.1, 0.15) is 11.5 Å². The van der Waals surface area contributed by atoms with Gasteiger partial charge >= 0.3 is 10.1 Å². The molecule has 0 saturated heterocycles. The van der Waals surface area contributed by atoms with Crippen LogP contribution in [0.3, 0.4) is 0 Å². The number of hydrogen-bond donors (Lipinski definition) is 0. The molecular formula is C15H14O5S. The van der Waals surface area contributed by atoms with Crippen LogP contribution in [0.2, 0.25) is 0 Å². The van der Waals surface area contributed by atoms with Gasteiger partial charge in [0.15, 0.2) is 11.5 Å². The minimum atomic E-state index is -4.07. The summed E-state index contributed by atoms with van der Waals surface area (Å²) in [5.41, 5.74) is 0. The second kappa shape index (κ2) is 6.04. The Balaban J connectivity index is 2.84. The molecule has 0 radical (unpaired) electrons. The highest BCUT2D eigenvalue weighted by Crippen LogP contribution is 2.40. The summed E-state index contributed by atoms with van der Waals surface area (Å²) in [6.45, 7) is -0.350. The monoisotopic (exact) mass is 306 g/mol.